The number of nitrogens with zero attached hydrogens (tertiary/aromatic N) is 4. The zero-order chi connectivity index (χ0) is 36.1. The normalized spacial score (nSPS) is 16.3. The number of amides is 2. The van der Waals surface area contributed by atoms with Crippen molar-refractivity contribution in [2.45, 2.75) is 9.79 Å². The molecule has 4 aromatic carbocycles. The van der Waals surface area contributed by atoms with Crippen LogP contribution in [0, 0.1) is 22.7 Å². The Labute approximate surface area is 301 Å². The van der Waals surface area contributed by atoms with Gasteiger partial charge in [-0.05, 0) is 96.3 Å². The zero-order valence-corrected chi connectivity index (χ0v) is 28.7. The topological polar surface area (TPSA) is 181 Å². The minimum absolute atomic E-state index is 0.00389. The Morgan fingerprint density at radius 2 is 0.941 bits per heavy atom. The first-order valence-corrected chi connectivity index (χ1v) is 18.1. The van der Waals surface area contributed by atoms with E-state index < -0.39 is 21.7 Å². The highest BCUT2D eigenvalue weighted by Crippen LogP contribution is 2.37. The van der Waals surface area contributed by atoms with E-state index in [1.165, 1.54) is 48.5 Å². The molecule has 2 N–H and O–H groups in total. The Bertz CT molecular complexity index is 2160. The summed E-state index contributed by atoms with van der Waals surface area (Å²) in [4.78, 5) is 53.8. The van der Waals surface area contributed by atoms with Crippen LogP contribution in [0.3, 0.4) is 0 Å². The van der Waals surface area contributed by atoms with E-state index in [1.54, 1.807) is 58.3 Å². The van der Waals surface area contributed by atoms with Crippen LogP contribution < -0.4 is 20.4 Å². The van der Waals surface area contributed by atoms with Crippen LogP contribution >= 0.6 is 23.5 Å². The highest BCUT2D eigenvalue weighted by atomic mass is 32.2. The number of carbonyl (C=O) groups excluding carboxylic acids is 4. The van der Waals surface area contributed by atoms with Crippen LogP contribution in [0.25, 0.3) is 0 Å². The molecule has 0 bridgehead atoms. The molecule has 0 aromatic heterocycles. The molecule has 0 unspecified atom stereocenters. The van der Waals surface area contributed by atoms with Gasteiger partial charge in [0.2, 0.25) is 20.1 Å². The molecule has 15 heteroatoms. The van der Waals surface area contributed by atoms with Gasteiger partial charge in [-0.1, -0.05) is 36.4 Å². The third-order valence-electron chi connectivity index (χ3n) is 7.57. The molecular weight excluding hydrogens is 709 g/mol. The summed E-state index contributed by atoms with van der Waals surface area (Å²) < 4.78 is 26.8. The van der Waals surface area contributed by atoms with Gasteiger partial charge < -0.3 is 20.4 Å². The Hall–Kier alpha value is -6.13. The van der Waals surface area contributed by atoms with Gasteiger partial charge in [-0.2, -0.15) is 10.5 Å². The highest BCUT2D eigenvalue weighted by Gasteiger charge is 2.33. The molecule has 2 aliphatic rings. The molecule has 51 heavy (non-hydrogen) atoms. The standard InChI is InChI=1S/C36H24N6O6S3/c37-19-29(35-41(21-31(43)49-35)25-7-3-1-4-8-25)33(45)39-23-11-15-27(16-12-23)51(47,48)28-17-13-24(14-18-28)40-34(46)30(20-38)36-42(22-32(44)50-36)26-9-5-2-6-10-26/h1-18H,21-22H2,(H,39,45)(H,40,46)/b35-29+,36-30+. The smallest absolute Gasteiger partial charge is 0.269 e. The summed E-state index contributed by atoms with van der Waals surface area (Å²) in [6, 6.07) is 32.3. The van der Waals surface area contributed by atoms with Crippen LogP contribution in [0.15, 0.2) is 140 Å². The van der Waals surface area contributed by atoms with Crippen LogP contribution in [0.5, 0.6) is 0 Å². The predicted octanol–water partition coefficient (Wildman–Crippen LogP) is 5.43. The molecule has 2 saturated heterocycles. The number of rotatable bonds is 8. The minimum atomic E-state index is -4.03. The minimum Gasteiger partial charge on any atom is -0.326 e. The SMILES string of the molecule is N#C/C(C(=O)Nc1ccc(S(=O)(=O)c2ccc(NC(=O)/C(C#N)=C3/SC(=O)CN3c3ccccc3)cc2)cc1)=C1\SC(=O)CN1c1ccccc1. The largest absolute Gasteiger partial charge is 0.326 e. The first-order chi connectivity index (χ1) is 24.6. The number of benzene rings is 4. The van der Waals surface area contributed by atoms with Crippen molar-refractivity contribution in [3.63, 3.8) is 0 Å². The maximum atomic E-state index is 13.4. The van der Waals surface area contributed by atoms with E-state index in [-0.39, 0.29) is 65.7 Å². The molecule has 0 spiro atoms. The van der Waals surface area contributed by atoms with Gasteiger partial charge >= 0.3 is 0 Å². The third-order valence-corrected chi connectivity index (χ3v) is 11.3. The quantitative estimate of drug-likeness (QED) is 0.174. The lowest BCUT2D eigenvalue weighted by Gasteiger charge is -2.19. The third kappa shape index (κ3) is 7.41. The Morgan fingerprint density at radius 3 is 1.27 bits per heavy atom. The molecular formula is C36H24N6O6S3. The molecule has 0 atom stereocenters. The van der Waals surface area contributed by atoms with Gasteiger partial charge in [0.05, 0.1) is 22.9 Å². The molecule has 2 fully saturated rings. The van der Waals surface area contributed by atoms with E-state index in [9.17, 15) is 38.1 Å². The molecule has 252 valence electrons. The van der Waals surface area contributed by atoms with E-state index in [1.807, 2.05) is 24.3 Å². The van der Waals surface area contributed by atoms with Crippen LogP contribution in [0.1, 0.15) is 0 Å². The summed E-state index contributed by atoms with van der Waals surface area (Å²) in [5.41, 5.74) is 1.22. The van der Waals surface area contributed by atoms with Crippen LogP contribution in [0.2, 0.25) is 0 Å². The lowest BCUT2D eigenvalue weighted by Crippen LogP contribution is -2.23. The summed E-state index contributed by atoms with van der Waals surface area (Å²) in [6.07, 6.45) is 0. The first-order valence-electron chi connectivity index (χ1n) is 15.0. The Kier molecular flexibility index (Phi) is 10.1. The number of anilines is 4. The predicted molar refractivity (Wildman–Crippen MR) is 194 cm³/mol. The molecule has 0 saturated carbocycles. The maximum absolute atomic E-state index is 13.4. The van der Waals surface area contributed by atoms with Gasteiger partial charge in [0.25, 0.3) is 11.8 Å². The van der Waals surface area contributed by atoms with Gasteiger partial charge in [-0.25, -0.2) is 8.42 Å². The molecule has 6 rings (SSSR count). The molecule has 12 nitrogen and oxygen atoms in total. The number of carbonyl (C=O) groups is 4. The van der Waals surface area contributed by atoms with Crippen LogP contribution in [0.4, 0.5) is 22.7 Å². The lowest BCUT2D eigenvalue weighted by molar-refractivity contribution is -0.113. The molecule has 4 aromatic rings. The van der Waals surface area contributed by atoms with Crippen molar-refractivity contribution in [3.05, 3.63) is 130 Å². The van der Waals surface area contributed by atoms with Crippen molar-refractivity contribution in [3.8, 4) is 12.1 Å². The summed E-state index contributed by atoms with van der Waals surface area (Å²) in [5, 5.41) is 24.8. The molecule has 2 amide bonds. The number of nitrogens with one attached hydrogen (secondary N) is 2. The van der Waals surface area contributed by atoms with E-state index in [0.717, 1.165) is 23.5 Å². The molecule has 0 radical (unpaired) electrons. The number of hydrogen-bond donors (Lipinski definition) is 2. The molecule has 0 aliphatic carbocycles. The van der Waals surface area contributed by atoms with Gasteiger partial charge in [0, 0.05) is 22.7 Å². The summed E-state index contributed by atoms with van der Waals surface area (Å²) in [7, 11) is -4.03. The fraction of sp³-hybridized carbons (Fsp3) is 0.0556. The fourth-order valence-corrected chi connectivity index (χ4v) is 8.27. The lowest BCUT2D eigenvalue weighted by atomic mass is 10.2. The maximum Gasteiger partial charge on any atom is 0.269 e. The monoisotopic (exact) mass is 732 g/mol. The fourth-order valence-electron chi connectivity index (χ4n) is 5.15. The second-order valence-electron chi connectivity index (χ2n) is 10.8. The number of para-hydroxylation sites is 2. The number of nitriles is 2. The van der Waals surface area contributed by atoms with Gasteiger partial charge in [0.15, 0.2) is 0 Å². The van der Waals surface area contributed by atoms with E-state index in [2.05, 4.69) is 10.6 Å². The van der Waals surface area contributed by atoms with Crippen molar-refractivity contribution in [1.29, 1.82) is 10.5 Å². The van der Waals surface area contributed by atoms with Crippen molar-refractivity contribution in [2.75, 3.05) is 33.5 Å². The first kappa shape index (κ1) is 34.7. The Balaban J connectivity index is 1.15. The highest BCUT2D eigenvalue weighted by molar-refractivity contribution is 8.18. The van der Waals surface area contributed by atoms with Gasteiger partial charge in [-0.3, -0.25) is 19.2 Å². The van der Waals surface area contributed by atoms with E-state index in [4.69, 9.17) is 0 Å². The van der Waals surface area contributed by atoms with Crippen molar-refractivity contribution in [1.82, 2.24) is 0 Å². The average molecular weight is 733 g/mol. The van der Waals surface area contributed by atoms with E-state index in [0.29, 0.717) is 11.4 Å². The average Bonchev–Trinajstić information content (AvgIpc) is 3.72. The van der Waals surface area contributed by atoms with Crippen LogP contribution in [-0.4, -0.2) is 43.6 Å². The van der Waals surface area contributed by atoms with Crippen LogP contribution in [-0.2, 0) is 29.0 Å². The number of thioether (sulfide) groups is 2. The molecule has 2 aliphatic heterocycles. The molecule has 2 heterocycles. The summed E-state index contributed by atoms with van der Waals surface area (Å²) in [5.74, 6) is -1.52. The van der Waals surface area contributed by atoms with Gasteiger partial charge in [-0.15, -0.1) is 0 Å². The summed E-state index contributed by atoms with van der Waals surface area (Å²) >= 11 is 1.61. The zero-order valence-electron chi connectivity index (χ0n) is 26.3. The number of hydrogen-bond acceptors (Lipinski definition) is 12. The second kappa shape index (κ2) is 14.8. The summed E-state index contributed by atoms with van der Waals surface area (Å²) in [6.45, 7) is -0.00777. The second-order valence-corrected chi connectivity index (χ2v) is 14.9. The van der Waals surface area contributed by atoms with Gasteiger partial charge in [0.1, 0.15) is 33.3 Å². The Morgan fingerprint density at radius 1 is 0.588 bits per heavy atom. The van der Waals surface area contributed by atoms with Crippen molar-refractivity contribution < 1.29 is 27.6 Å². The van der Waals surface area contributed by atoms with E-state index >= 15 is 0 Å². The number of sulfone groups is 1. The van der Waals surface area contributed by atoms with Crippen molar-refractivity contribution >= 4 is 78.2 Å². The van der Waals surface area contributed by atoms with Crippen molar-refractivity contribution in [2.24, 2.45) is 0 Å².